The predicted molar refractivity (Wildman–Crippen MR) is 135 cm³/mol. The second kappa shape index (κ2) is 15.6. The van der Waals surface area contributed by atoms with Gasteiger partial charge in [-0.1, -0.05) is 38.5 Å². The molecule has 184 valence electrons. The van der Waals surface area contributed by atoms with Crippen LogP contribution in [0.2, 0.25) is 0 Å². The molecule has 33 heavy (non-hydrogen) atoms. The zero-order valence-corrected chi connectivity index (χ0v) is 21.7. The van der Waals surface area contributed by atoms with E-state index in [9.17, 15) is 13.2 Å². The van der Waals surface area contributed by atoms with Crippen molar-refractivity contribution in [2.24, 2.45) is 0 Å². The number of rotatable bonds is 12. The van der Waals surface area contributed by atoms with Crippen molar-refractivity contribution in [2.45, 2.75) is 34.1 Å². The third kappa shape index (κ3) is 12.0. The summed E-state index contributed by atoms with van der Waals surface area (Å²) in [6, 6.07) is 13.4. The Morgan fingerprint density at radius 1 is 0.970 bits per heavy atom. The fraction of sp³-hybridized carbons (Fsp3) is 0.435. The lowest BCUT2D eigenvalue weighted by molar-refractivity contribution is 0.0955. The third-order valence-electron chi connectivity index (χ3n) is 3.64. The largest absolute Gasteiger partial charge is 0.455 e. The number of carbonyl (C=O) groups is 1. The van der Waals surface area contributed by atoms with Crippen molar-refractivity contribution in [1.29, 1.82) is 0 Å². The lowest BCUT2D eigenvalue weighted by Crippen LogP contribution is -2.26. The summed E-state index contributed by atoms with van der Waals surface area (Å²) in [7, 11) is -4.55. The van der Waals surface area contributed by atoms with Gasteiger partial charge in [0.1, 0.15) is 5.75 Å². The minimum absolute atomic E-state index is 0.227. The van der Waals surface area contributed by atoms with E-state index in [0.717, 1.165) is 6.26 Å². The molecule has 0 radical (unpaired) electrons. The van der Waals surface area contributed by atoms with Gasteiger partial charge in [0.25, 0.3) is 5.91 Å². The molecular weight excluding hydrogens is 463 g/mol. The summed E-state index contributed by atoms with van der Waals surface area (Å²) in [4.78, 5) is 12.6. The summed E-state index contributed by atoms with van der Waals surface area (Å²) in [5, 5.41) is 2.83. The van der Waals surface area contributed by atoms with Gasteiger partial charge in [0.15, 0.2) is 14.1 Å². The Bertz CT molecular complexity index is 935. The van der Waals surface area contributed by atoms with Crippen LogP contribution in [-0.4, -0.2) is 46.5 Å². The van der Waals surface area contributed by atoms with E-state index in [-0.39, 0.29) is 17.3 Å². The van der Waals surface area contributed by atoms with Crippen LogP contribution in [0.25, 0.3) is 0 Å². The van der Waals surface area contributed by atoms with Gasteiger partial charge >= 0.3 is 0 Å². The van der Waals surface area contributed by atoms with Crippen molar-refractivity contribution in [3.8, 4) is 11.5 Å². The predicted octanol–water partition coefficient (Wildman–Crippen LogP) is 5.38. The van der Waals surface area contributed by atoms with Crippen molar-refractivity contribution >= 4 is 30.0 Å². The smallest absolute Gasteiger partial charge is 0.251 e. The first kappa shape index (κ1) is 28.8. The van der Waals surface area contributed by atoms with Crippen LogP contribution in [0.3, 0.4) is 0 Å². The molecule has 0 saturated heterocycles. The van der Waals surface area contributed by atoms with E-state index in [1.807, 2.05) is 19.9 Å². The zero-order chi connectivity index (χ0) is 24.7. The van der Waals surface area contributed by atoms with Gasteiger partial charge in [0, 0.05) is 18.3 Å². The maximum Gasteiger partial charge on any atom is 0.251 e. The molecule has 0 unspecified atom stereocenters. The van der Waals surface area contributed by atoms with Crippen LogP contribution >= 0.6 is 8.38 Å². The molecule has 0 saturated carbocycles. The first-order valence-corrected chi connectivity index (χ1v) is 14.2. The maximum absolute atomic E-state index is 12.6. The molecule has 0 fully saturated rings. The molecule has 0 aliphatic heterocycles. The number of hydrogen-bond donors (Lipinski definition) is 2. The first-order valence-electron chi connectivity index (χ1n) is 10.9. The quantitative estimate of drug-likeness (QED) is 0.381. The highest BCUT2D eigenvalue weighted by Crippen LogP contribution is 2.37. The minimum Gasteiger partial charge on any atom is -0.455 e. The van der Waals surface area contributed by atoms with E-state index in [1.165, 1.54) is 24.6 Å². The van der Waals surface area contributed by atoms with Gasteiger partial charge in [0.2, 0.25) is 10.0 Å². The van der Waals surface area contributed by atoms with Crippen molar-refractivity contribution < 1.29 is 27.0 Å². The number of amides is 1. The van der Waals surface area contributed by atoms with Crippen LogP contribution in [0.15, 0.2) is 48.5 Å². The van der Waals surface area contributed by atoms with Crippen molar-refractivity contribution in [3.63, 3.8) is 0 Å². The first-order chi connectivity index (χ1) is 15.7. The van der Waals surface area contributed by atoms with E-state index in [2.05, 4.69) is 23.9 Å². The summed E-state index contributed by atoms with van der Waals surface area (Å²) in [5.74, 6) is 0.442. The molecule has 8 nitrogen and oxygen atoms in total. The van der Waals surface area contributed by atoms with Crippen LogP contribution in [-0.2, 0) is 19.1 Å². The number of hydrogen-bond acceptors (Lipinski definition) is 6. The Hall–Kier alpha value is -2.19. The molecule has 0 spiro atoms. The van der Waals surface area contributed by atoms with Crippen LogP contribution in [0.4, 0.5) is 5.69 Å². The molecular formula is C23H35N2O6PS. The Morgan fingerprint density at radius 2 is 1.58 bits per heavy atom. The fourth-order valence-electron chi connectivity index (χ4n) is 2.46. The van der Waals surface area contributed by atoms with Gasteiger partial charge in [-0.2, -0.15) is 0 Å². The number of ether oxygens (including phenoxy) is 1. The molecule has 1 amide bonds. The van der Waals surface area contributed by atoms with Gasteiger partial charge in [-0.3, -0.25) is 9.52 Å². The Kier molecular flexibility index (Phi) is 13.6. The van der Waals surface area contributed by atoms with Crippen LogP contribution in [0.5, 0.6) is 11.5 Å². The Balaban J connectivity index is 0.00000172. The highest BCUT2D eigenvalue weighted by molar-refractivity contribution is 7.92. The van der Waals surface area contributed by atoms with Crippen molar-refractivity contribution in [2.75, 3.05) is 36.9 Å². The molecule has 0 atom stereocenters. The van der Waals surface area contributed by atoms with E-state index in [1.54, 1.807) is 24.3 Å². The average Bonchev–Trinajstić information content (AvgIpc) is 2.75. The van der Waals surface area contributed by atoms with Crippen LogP contribution in [0.1, 0.15) is 44.5 Å². The standard InChI is InChI=1S/C20H27N2O6PS.C3H8/c1-4-26-29(27-5-2)14-13-21-20(23)16-11-12-18(22-30(3,24)25)19(15-16)28-17-9-7-6-8-10-17;1-3-2/h6-12,15,22H,4-5,13-14H2,1-3H3,(H,21,23);3H2,1-2H3. The second-order valence-electron chi connectivity index (χ2n) is 6.86. The monoisotopic (exact) mass is 498 g/mol. The Labute approximate surface area is 199 Å². The molecule has 0 bridgehead atoms. The molecule has 0 aliphatic rings. The number of nitrogens with one attached hydrogen (secondary N) is 2. The molecule has 2 aromatic rings. The highest BCUT2D eigenvalue weighted by Gasteiger charge is 2.15. The maximum atomic E-state index is 12.6. The zero-order valence-electron chi connectivity index (χ0n) is 20.0. The molecule has 0 aromatic heterocycles. The van der Waals surface area contributed by atoms with E-state index in [0.29, 0.717) is 37.2 Å². The fourth-order valence-corrected chi connectivity index (χ4v) is 4.24. The average molecular weight is 499 g/mol. The van der Waals surface area contributed by atoms with Gasteiger partial charge in [0.05, 0.1) is 25.2 Å². The topological polar surface area (TPSA) is 103 Å². The number of sulfonamides is 1. The van der Waals surface area contributed by atoms with Gasteiger partial charge in [-0.15, -0.1) is 0 Å². The Morgan fingerprint density at radius 3 is 2.12 bits per heavy atom. The lowest BCUT2D eigenvalue weighted by atomic mass is 10.1. The molecule has 10 heteroatoms. The normalized spacial score (nSPS) is 10.8. The second-order valence-corrected chi connectivity index (χ2v) is 10.2. The number of carbonyl (C=O) groups excluding carboxylic acids is 1. The number of anilines is 1. The van der Waals surface area contributed by atoms with Crippen molar-refractivity contribution in [1.82, 2.24) is 5.32 Å². The summed E-state index contributed by atoms with van der Waals surface area (Å²) >= 11 is 0. The van der Waals surface area contributed by atoms with E-state index in [4.69, 9.17) is 13.8 Å². The third-order valence-corrected chi connectivity index (χ3v) is 5.91. The molecule has 0 heterocycles. The van der Waals surface area contributed by atoms with Gasteiger partial charge < -0.3 is 19.1 Å². The number of benzene rings is 2. The summed E-state index contributed by atoms with van der Waals surface area (Å²) in [6.07, 6.45) is 2.87. The molecule has 2 N–H and O–H groups in total. The molecule has 0 aliphatic carbocycles. The van der Waals surface area contributed by atoms with E-state index < -0.39 is 18.4 Å². The SMILES string of the molecule is CCC.CCOP(CCNC(=O)c1ccc(NS(C)(=O)=O)c(Oc2ccccc2)c1)OCC. The van der Waals surface area contributed by atoms with Crippen LogP contribution in [0, 0.1) is 0 Å². The van der Waals surface area contributed by atoms with Gasteiger partial charge in [-0.05, 0) is 44.2 Å². The summed E-state index contributed by atoms with van der Waals surface area (Å²) in [6.45, 7) is 9.53. The summed E-state index contributed by atoms with van der Waals surface area (Å²) in [5.41, 5.74) is 0.589. The van der Waals surface area contributed by atoms with Crippen molar-refractivity contribution in [3.05, 3.63) is 54.1 Å². The number of para-hydroxylation sites is 1. The van der Waals surface area contributed by atoms with E-state index >= 15 is 0 Å². The highest BCUT2D eigenvalue weighted by atomic mass is 32.2. The minimum atomic E-state index is -3.52. The van der Waals surface area contributed by atoms with Crippen LogP contribution < -0.4 is 14.8 Å². The molecule has 2 rings (SSSR count). The van der Waals surface area contributed by atoms with Gasteiger partial charge in [-0.25, -0.2) is 8.42 Å². The lowest BCUT2D eigenvalue weighted by Gasteiger charge is -2.16. The molecule has 2 aromatic carbocycles. The summed E-state index contributed by atoms with van der Waals surface area (Å²) < 4.78 is 42.6.